The Morgan fingerprint density at radius 3 is 2.26 bits per heavy atom. The predicted molar refractivity (Wildman–Crippen MR) is 99.2 cm³/mol. The minimum Gasteiger partial charge on any atom is -0.322 e. The molecule has 0 radical (unpaired) electrons. The molecule has 122 valence electrons. The van der Waals surface area contributed by atoms with Crippen LogP contribution in [0.25, 0.3) is 0 Å². The molecule has 2 aromatic carbocycles. The average Bonchev–Trinajstić information content (AvgIpc) is 2.49. The molecule has 0 saturated carbocycles. The Balaban J connectivity index is 2.35. The van der Waals surface area contributed by atoms with Crippen LogP contribution in [0.3, 0.4) is 0 Å². The molecule has 1 N–H and O–H groups in total. The van der Waals surface area contributed by atoms with Gasteiger partial charge in [-0.2, -0.15) is 0 Å². The molecule has 2 rings (SSSR count). The van der Waals surface area contributed by atoms with E-state index >= 15 is 0 Å². The lowest BCUT2D eigenvalue weighted by atomic mass is 10.1. The number of hydrogen-bond donors (Lipinski definition) is 1. The number of rotatable bonds is 4. The number of amides is 1. The van der Waals surface area contributed by atoms with E-state index in [0.29, 0.717) is 16.8 Å². The van der Waals surface area contributed by atoms with Gasteiger partial charge in [0.1, 0.15) is 0 Å². The van der Waals surface area contributed by atoms with E-state index in [-0.39, 0.29) is 10.8 Å². The number of sulfonamides is 1. The van der Waals surface area contributed by atoms with E-state index in [9.17, 15) is 13.2 Å². The average molecular weight is 444 g/mol. The first-order chi connectivity index (χ1) is 10.7. The standard InChI is InChI=1S/C16H17IN2O3S/c1-11-4-9-14(23(21,22)19(2)3)10-15(11)16(20)18-13-7-5-12(17)6-8-13/h4-10H,1-3H3,(H,18,20). The maximum absolute atomic E-state index is 12.4. The van der Waals surface area contributed by atoms with Crippen molar-refractivity contribution in [2.24, 2.45) is 0 Å². The quantitative estimate of drug-likeness (QED) is 0.738. The van der Waals surface area contributed by atoms with Crippen molar-refractivity contribution in [3.05, 3.63) is 57.2 Å². The number of halogens is 1. The molecule has 0 spiro atoms. The number of nitrogens with zero attached hydrogens (tertiary/aromatic N) is 1. The highest BCUT2D eigenvalue weighted by atomic mass is 127. The SMILES string of the molecule is Cc1ccc(S(=O)(=O)N(C)C)cc1C(=O)Nc1ccc(I)cc1. The van der Waals surface area contributed by atoms with Crippen LogP contribution in [-0.4, -0.2) is 32.7 Å². The van der Waals surface area contributed by atoms with Crippen molar-refractivity contribution in [2.45, 2.75) is 11.8 Å². The number of carbonyl (C=O) groups excluding carboxylic acids is 1. The largest absolute Gasteiger partial charge is 0.322 e. The Morgan fingerprint density at radius 2 is 1.70 bits per heavy atom. The highest BCUT2D eigenvalue weighted by Crippen LogP contribution is 2.20. The molecule has 0 aliphatic heterocycles. The van der Waals surface area contributed by atoms with E-state index in [1.54, 1.807) is 25.1 Å². The van der Waals surface area contributed by atoms with Gasteiger partial charge in [0.25, 0.3) is 5.91 Å². The highest BCUT2D eigenvalue weighted by Gasteiger charge is 2.20. The first-order valence-corrected chi connectivity index (χ1v) is 9.34. The third kappa shape index (κ3) is 4.10. The van der Waals surface area contributed by atoms with Crippen molar-refractivity contribution in [2.75, 3.05) is 19.4 Å². The zero-order valence-corrected chi connectivity index (χ0v) is 16.0. The van der Waals surface area contributed by atoms with Gasteiger partial charge in [-0.15, -0.1) is 0 Å². The molecular weight excluding hydrogens is 427 g/mol. The third-order valence-electron chi connectivity index (χ3n) is 3.33. The molecule has 0 aliphatic carbocycles. The van der Waals surface area contributed by atoms with Gasteiger partial charge in [-0.25, -0.2) is 12.7 Å². The number of anilines is 1. The van der Waals surface area contributed by atoms with Crippen LogP contribution in [0.1, 0.15) is 15.9 Å². The van der Waals surface area contributed by atoms with E-state index in [1.807, 2.05) is 12.1 Å². The Bertz CT molecular complexity index is 831. The Hall–Kier alpha value is -1.45. The number of hydrogen-bond acceptors (Lipinski definition) is 3. The van der Waals surface area contributed by atoms with Crippen molar-refractivity contribution in [1.82, 2.24) is 4.31 Å². The molecule has 0 aromatic heterocycles. The lowest BCUT2D eigenvalue weighted by Gasteiger charge is -2.14. The Morgan fingerprint density at radius 1 is 1.09 bits per heavy atom. The number of nitrogens with one attached hydrogen (secondary N) is 1. The van der Waals surface area contributed by atoms with Crippen LogP contribution in [0, 0.1) is 10.5 Å². The number of aryl methyl sites for hydroxylation is 1. The first kappa shape index (κ1) is 17.9. The molecule has 0 atom stereocenters. The lowest BCUT2D eigenvalue weighted by Crippen LogP contribution is -2.23. The minimum absolute atomic E-state index is 0.0980. The van der Waals surface area contributed by atoms with Crippen LogP contribution in [-0.2, 0) is 10.0 Å². The summed E-state index contributed by atoms with van der Waals surface area (Å²) >= 11 is 2.18. The fraction of sp³-hybridized carbons (Fsp3) is 0.188. The summed E-state index contributed by atoms with van der Waals surface area (Å²) in [5.74, 6) is -0.334. The molecular formula is C16H17IN2O3S. The van der Waals surface area contributed by atoms with Gasteiger partial charge in [0, 0.05) is 28.9 Å². The van der Waals surface area contributed by atoms with E-state index in [1.165, 1.54) is 26.2 Å². The minimum atomic E-state index is -3.58. The molecule has 7 heteroatoms. The van der Waals surface area contributed by atoms with Gasteiger partial charge in [0.05, 0.1) is 4.90 Å². The Kier molecular flexibility index (Phi) is 5.43. The summed E-state index contributed by atoms with van der Waals surface area (Å²) in [6, 6.07) is 11.9. The van der Waals surface area contributed by atoms with Gasteiger partial charge >= 0.3 is 0 Å². The van der Waals surface area contributed by atoms with Crippen LogP contribution in [0.15, 0.2) is 47.4 Å². The molecule has 0 unspecified atom stereocenters. The summed E-state index contributed by atoms with van der Waals surface area (Å²) in [6.07, 6.45) is 0. The molecule has 1 amide bonds. The molecule has 0 fully saturated rings. The summed E-state index contributed by atoms with van der Waals surface area (Å²) in [4.78, 5) is 12.5. The topological polar surface area (TPSA) is 66.5 Å². The predicted octanol–water partition coefficient (Wildman–Crippen LogP) is 3.10. The molecule has 2 aromatic rings. The first-order valence-electron chi connectivity index (χ1n) is 6.82. The second kappa shape index (κ2) is 6.98. The molecule has 0 heterocycles. The van der Waals surface area contributed by atoms with Crippen LogP contribution >= 0.6 is 22.6 Å². The molecule has 0 saturated heterocycles. The van der Waals surface area contributed by atoms with E-state index in [0.717, 1.165) is 7.88 Å². The molecule has 23 heavy (non-hydrogen) atoms. The zero-order chi connectivity index (χ0) is 17.2. The van der Waals surface area contributed by atoms with Crippen LogP contribution < -0.4 is 5.32 Å². The second-order valence-electron chi connectivity index (χ2n) is 5.23. The number of benzene rings is 2. The molecule has 5 nitrogen and oxygen atoms in total. The van der Waals surface area contributed by atoms with Gasteiger partial charge in [-0.05, 0) is 71.5 Å². The van der Waals surface area contributed by atoms with Crippen LogP contribution in [0.2, 0.25) is 0 Å². The van der Waals surface area contributed by atoms with Gasteiger partial charge in [0.2, 0.25) is 10.0 Å². The van der Waals surface area contributed by atoms with Crippen molar-refractivity contribution in [3.8, 4) is 0 Å². The fourth-order valence-corrected chi connectivity index (χ4v) is 3.24. The van der Waals surface area contributed by atoms with E-state index < -0.39 is 10.0 Å². The monoisotopic (exact) mass is 444 g/mol. The summed E-state index contributed by atoms with van der Waals surface area (Å²) in [5.41, 5.74) is 1.72. The summed E-state index contributed by atoms with van der Waals surface area (Å²) in [6.45, 7) is 1.77. The van der Waals surface area contributed by atoms with Crippen LogP contribution in [0.4, 0.5) is 5.69 Å². The summed E-state index contributed by atoms with van der Waals surface area (Å²) in [5, 5.41) is 2.78. The van der Waals surface area contributed by atoms with Gasteiger partial charge in [-0.3, -0.25) is 4.79 Å². The van der Waals surface area contributed by atoms with E-state index in [2.05, 4.69) is 27.9 Å². The molecule has 0 bridgehead atoms. The van der Waals surface area contributed by atoms with Crippen molar-refractivity contribution < 1.29 is 13.2 Å². The van der Waals surface area contributed by atoms with Gasteiger partial charge in [-0.1, -0.05) is 6.07 Å². The fourth-order valence-electron chi connectivity index (χ4n) is 1.95. The Labute approximate surface area is 149 Å². The van der Waals surface area contributed by atoms with Crippen LogP contribution in [0.5, 0.6) is 0 Å². The van der Waals surface area contributed by atoms with Gasteiger partial charge in [0.15, 0.2) is 0 Å². The zero-order valence-electron chi connectivity index (χ0n) is 13.0. The second-order valence-corrected chi connectivity index (χ2v) is 8.62. The normalized spacial score (nSPS) is 11.5. The highest BCUT2D eigenvalue weighted by molar-refractivity contribution is 14.1. The number of carbonyl (C=O) groups is 1. The maximum Gasteiger partial charge on any atom is 0.255 e. The molecule has 0 aliphatic rings. The summed E-state index contributed by atoms with van der Waals surface area (Å²) in [7, 11) is -0.658. The van der Waals surface area contributed by atoms with Crippen molar-refractivity contribution in [3.63, 3.8) is 0 Å². The third-order valence-corrected chi connectivity index (χ3v) is 5.86. The smallest absolute Gasteiger partial charge is 0.255 e. The lowest BCUT2D eigenvalue weighted by molar-refractivity contribution is 0.102. The summed E-state index contributed by atoms with van der Waals surface area (Å²) < 4.78 is 26.6. The van der Waals surface area contributed by atoms with Crippen molar-refractivity contribution >= 4 is 44.2 Å². The van der Waals surface area contributed by atoms with E-state index in [4.69, 9.17) is 0 Å². The van der Waals surface area contributed by atoms with Gasteiger partial charge < -0.3 is 5.32 Å². The maximum atomic E-state index is 12.4. The van der Waals surface area contributed by atoms with Crippen molar-refractivity contribution in [1.29, 1.82) is 0 Å².